The van der Waals surface area contributed by atoms with Crippen molar-refractivity contribution in [3.63, 3.8) is 0 Å². The number of hydrogen-bond donors (Lipinski definition) is 1. The summed E-state index contributed by atoms with van der Waals surface area (Å²) in [4.78, 5) is 0. The Balaban J connectivity index is 2.67. The molecule has 0 aliphatic carbocycles. The highest BCUT2D eigenvalue weighted by Crippen LogP contribution is 2.21. The molecular weight excluding hydrogens is 253 g/mol. The van der Waals surface area contributed by atoms with Gasteiger partial charge in [0.05, 0.1) is 0 Å². The molecule has 1 N–H and O–H groups in total. The lowest BCUT2D eigenvalue weighted by Gasteiger charge is -2.26. The van der Waals surface area contributed by atoms with Gasteiger partial charge in [-0.25, -0.2) is 4.39 Å². The predicted octanol–water partition coefficient (Wildman–Crippen LogP) is 4.32. The number of rotatable bonds is 7. The van der Waals surface area contributed by atoms with Crippen LogP contribution in [-0.4, -0.2) is 20.7 Å². The van der Waals surface area contributed by atoms with Gasteiger partial charge in [-0.2, -0.15) is 0 Å². The van der Waals surface area contributed by atoms with Gasteiger partial charge in [-0.1, -0.05) is 51.7 Å². The second-order valence-electron chi connectivity index (χ2n) is 7.03. The molecule has 0 saturated carbocycles. The van der Waals surface area contributed by atoms with E-state index in [1.807, 2.05) is 12.1 Å². The first kappa shape index (κ1) is 16.4. The third-order valence-electron chi connectivity index (χ3n) is 3.13. The molecule has 0 aliphatic heterocycles. The highest BCUT2D eigenvalue weighted by Gasteiger charge is 2.21. The molecule has 108 valence electrons. The molecule has 0 fully saturated rings. The van der Waals surface area contributed by atoms with Gasteiger partial charge in [0.25, 0.3) is 0 Å². The van der Waals surface area contributed by atoms with Crippen molar-refractivity contribution in [3.8, 4) is 0 Å². The standard InChI is InChI=1S/C16H28FNSi/c1-13(2)18-11-15(12-19(3,4)5)9-14-7-6-8-16(17)10-14/h6-8,10,13,15,18H,9,11-12H2,1-5H3. The van der Waals surface area contributed by atoms with Crippen LogP contribution in [0.25, 0.3) is 0 Å². The average molecular weight is 281 g/mol. The van der Waals surface area contributed by atoms with E-state index in [0.29, 0.717) is 12.0 Å². The monoisotopic (exact) mass is 281 g/mol. The summed E-state index contributed by atoms with van der Waals surface area (Å²) in [7, 11) is -1.09. The van der Waals surface area contributed by atoms with Crippen LogP contribution in [0.1, 0.15) is 19.4 Å². The molecule has 0 radical (unpaired) electrons. The van der Waals surface area contributed by atoms with Gasteiger partial charge in [0.2, 0.25) is 0 Å². The fourth-order valence-corrected chi connectivity index (χ4v) is 4.50. The Labute approximate surface area is 118 Å². The average Bonchev–Trinajstić information content (AvgIpc) is 2.24. The normalized spacial score (nSPS) is 13.8. The fourth-order valence-electron chi connectivity index (χ4n) is 2.48. The fraction of sp³-hybridized carbons (Fsp3) is 0.625. The Bertz CT molecular complexity index is 385. The van der Waals surface area contributed by atoms with Crippen molar-refractivity contribution in [1.82, 2.24) is 5.32 Å². The van der Waals surface area contributed by atoms with E-state index < -0.39 is 8.07 Å². The van der Waals surface area contributed by atoms with E-state index in [2.05, 4.69) is 38.8 Å². The molecule has 1 rings (SSSR count). The second-order valence-corrected chi connectivity index (χ2v) is 12.6. The minimum absolute atomic E-state index is 0.124. The number of nitrogens with one attached hydrogen (secondary N) is 1. The molecule has 1 unspecified atom stereocenters. The summed E-state index contributed by atoms with van der Waals surface area (Å²) in [6, 6.07) is 8.83. The van der Waals surface area contributed by atoms with Crippen molar-refractivity contribution in [2.24, 2.45) is 5.92 Å². The van der Waals surface area contributed by atoms with Gasteiger partial charge in [0, 0.05) is 14.1 Å². The van der Waals surface area contributed by atoms with E-state index in [1.54, 1.807) is 6.07 Å². The minimum atomic E-state index is -1.09. The zero-order valence-corrected chi connectivity index (χ0v) is 14.0. The molecular formula is C16H28FNSi. The lowest BCUT2D eigenvalue weighted by molar-refractivity contribution is 0.471. The van der Waals surface area contributed by atoms with Crippen LogP contribution in [0.15, 0.2) is 24.3 Å². The smallest absolute Gasteiger partial charge is 0.123 e. The summed E-state index contributed by atoms with van der Waals surface area (Å²) in [5.41, 5.74) is 1.12. The molecule has 0 saturated heterocycles. The van der Waals surface area contributed by atoms with Crippen molar-refractivity contribution in [1.29, 1.82) is 0 Å². The lowest BCUT2D eigenvalue weighted by atomic mass is 10.0. The zero-order chi connectivity index (χ0) is 14.5. The molecule has 0 aliphatic rings. The Kier molecular flexibility index (Phi) is 6.21. The molecule has 0 amide bonds. The van der Waals surface area contributed by atoms with E-state index in [1.165, 1.54) is 12.1 Å². The van der Waals surface area contributed by atoms with Crippen molar-refractivity contribution in [3.05, 3.63) is 35.6 Å². The van der Waals surface area contributed by atoms with Gasteiger partial charge in [0.1, 0.15) is 5.82 Å². The van der Waals surface area contributed by atoms with E-state index in [-0.39, 0.29) is 5.82 Å². The molecule has 0 bridgehead atoms. The second kappa shape index (κ2) is 7.20. The van der Waals surface area contributed by atoms with Gasteiger partial charge in [-0.05, 0) is 36.6 Å². The van der Waals surface area contributed by atoms with E-state index >= 15 is 0 Å². The predicted molar refractivity (Wildman–Crippen MR) is 84.9 cm³/mol. The zero-order valence-electron chi connectivity index (χ0n) is 13.0. The molecule has 0 heterocycles. The van der Waals surface area contributed by atoms with Crippen LogP contribution >= 0.6 is 0 Å². The summed E-state index contributed by atoms with van der Waals surface area (Å²) in [5, 5.41) is 3.53. The lowest BCUT2D eigenvalue weighted by Crippen LogP contribution is -2.34. The first-order valence-electron chi connectivity index (χ1n) is 7.24. The highest BCUT2D eigenvalue weighted by atomic mass is 28.3. The summed E-state index contributed by atoms with van der Waals surface area (Å²) >= 11 is 0. The third-order valence-corrected chi connectivity index (χ3v) is 4.93. The summed E-state index contributed by atoms with van der Waals surface area (Å²) in [6.45, 7) is 12.6. The van der Waals surface area contributed by atoms with Gasteiger partial charge < -0.3 is 5.32 Å². The molecule has 1 aromatic rings. The van der Waals surface area contributed by atoms with Crippen LogP contribution in [0.2, 0.25) is 25.7 Å². The summed E-state index contributed by atoms with van der Waals surface area (Å²) in [5.74, 6) is 0.483. The summed E-state index contributed by atoms with van der Waals surface area (Å²) < 4.78 is 13.3. The van der Waals surface area contributed by atoms with Gasteiger partial charge in [-0.15, -0.1) is 0 Å². The van der Waals surface area contributed by atoms with Crippen molar-refractivity contribution in [2.45, 2.75) is 52.0 Å². The van der Waals surface area contributed by atoms with E-state index in [9.17, 15) is 4.39 Å². The number of hydrogen-bond acceptors (Lipinski definition) is 1. The maximum atomic E-state index is 13.3. The van der Waals surface area contributed by atoms with Crippen LogP contribution in [0.4, 0.5) is 4.39 Å². The maximum Gasteiger partial charge on any atom is 0.123 e. The number of halogens is 1. The highest BCUT2D eigenvalue weighted by molar-refractivity contribution is 6.76. The van der Waals surface area contributed by atoms with E-state index in [4.69, 9.17) is 0 Å². The molecule has 0 spiro atoms. The van der Waals surface area contributed by atoms with Gasteiger partial charge >= 0.3 is 0 Å². The molecule has 0 aromatic heterocycles. The van der Waals surface area contributed by atoms with Gasteiger partial charge in [0.15, 0.2) is 0 Å². The summed E-state index contributed by atoms with van der Waals surface area (Å²) in [6.07, 6.45) is 0.974. The minimum Gasteiger partial charge on any atom is -0.314 e. The third kappa shape index (κ3) is 7.48. The van der Waals surface area contributed by atoms with Crippen molar-refractivity contribution < 1.29 is 4.39 Å². The molecule has 19 heavy (non-hydrogen) atoms. The number of benzene rings is 1. The Morgan fingerprint density at radius 2 is 1.89 bits per heavy atom. The van der Waals surface area contributed by atoms with Crippen LogP contribution in [0.5, 0.6) is 0 Å². The molecule has 1 aromatic carbocycles. The maximum absolute atomic E-state index is 13.3. The van der Waals surface area contributed by atoms with Gasteiger partial charge in [-0.3, -0.25) is 0 Å². The Morgan fingerprint density at radius 1 is 1.21 bits per heavy atom. The van der Waals surface area contributed by atoms with Crippen LogP contribution in [0, 0.1) is 11.7 Å². The van der Waals surface area contributed by atoms with Crippen LogP contribution in [-0.2, 0) is 6.42 Å². The van der Waals surface area contributed by atoms with Crippen LogP contribution in [0.3, 0.4) is 0 Å². The van der Waals surface area contributed by atoms with Crippen molar-refractivity contribution in [2.75, 3.05) is 6.54 Å². The quantitative estimate of drug-likeness (QED) is 0.734. The largest absolute Gasteiger partial charge is 0.314 e. The SMILES string of the molecule is CC(C)NCC(Cc1cccc(F)c1)C[Si](C)(C)C. The molecule has 1 atom stereocenters. The Hall–Kier alpha value is -0.673. The first-order chi connectivity index (χ1) is 8.76. The van der Waals surface area contributed by atoms with Crippen LogP contribution < -0.4 is 5.32 Å². The topological polar surface area (TPSA) is 12.0 Å². The molecule has 3 heteroatoms. The van der Waals surface area contributed by atoms with E-state index in [0.717, 1.165) is 18.5 Å². The molecule has 1 nitrogen and oxygen atoms in total. The first-order valence-corrected chi connectivity index (χ1v) is 10.9. The Morgan fingerprint density at radius 3 is 2.42 bits per heavy atom. The van der Waals surface area contributed by atoms with Crippen molar-refractivity contribution >= 4 is 8.07 Å².